The maximum atomic E-state index is 2.40. The van der Waals surface area contributed by atoms with E-state index < -0.39 is 0 Å². The molecule has 3 aromatic carbocycles. The first-order valence-electron chi connectivity index (χ1n) is 10.1. The number of imidazole rings is 1. The van der Waals surface area contributed by atoms with Crippen LogP contribution in [-0.4, -0.2) is 4.57 Å². The van der Waals surface area contributed by atoms with Gasteiger partial charge in [-0.05, 0) is 35.8 Å². The van der Waals surface area contributed by atoms with Gasteiger partial charge in [0.15, 0.2) is 11.4 Å². The van der Waals surface area contributed by atoms with Gasteiger partial charge in [-0.3, -0.25) is 0 Å². The molecule has 29 heavy (non-hydrogen) atoms. The molecule has 2 heteroatoms. The van der Waals surface area contributed by atoms with Gasteiger partial charge >= 0.3 is 0 Å². The molecule has 0 unspecified atom stereocenters. The Morgan fingerprint density at radius 2 is 1.24 bits per heavy atom. The molecule has 0 bridgehead atoms. The van der Waals surface area contributed by atoms with Gasteiger partial charge in [-0.2, -0.15) is 4.57 Å². The van der Waals surface area contributed by atoms with Gasteiger partial charge < -0.3 is 0 Å². The van der Waals surface area contributed by atoms with Crippen molar-refractivity contribution in [2.24, 2.45) is 0 Å². The normalized spacial score (nSPS) is 14.2. The fourth-order valence-electron chi connectivity index (χ4n) is 4.92. The van der Waals surface area contributed by atoms with Crippen molar-refractivity contribution in [3.8, 4) is 5.69 Å². The monoisotopic (exact) mass is 377 g/mol. The Hall–Kier alpha value is -3.39. The maximum Gasteiger partial charge on any atom is 0.263 e. The van der Waals surface area contributed by atoms with Crippen LogP contribution in [0.25, 0.3) is 11.9 Å². The number of allylic oxidation sites excluding steroid dienone is 1. The Morgan fingerprint density at radius 3 is 1.83 bits per heavy atom. The molecule has 1 aliphatic rings. The molecule has 2 nitrogen and oxygen atoms in total. The Kier molecular flexibility index (Phi) is 4.02. The first kappa shape index (κ1) is 17.7. The number of hydrogen-bond acceptors (Lipinski definition) is 0. The van der Waals surface area contributed by atoms with E-state index >= 15 is 0 Å². The summed E-state index contributed by atoms with van der Waals surface area (Å²) in [6.45, 7) is 6.64. The predicted octanol–water partition coefficient (Wildman–Crippen LogP) is 5.51. The van der Waals surface area contributed by atoms with Gasteiger partial charge in [0.2, 0.25) is 0 Å². The lowest BCUT2D eigenvalue weighted by Gasteiger charge is -2.27. The summed E-state index contributed by atoms with van der Waals surface area (Å²) in [7, 11) is 0. The van der Waals surface area contributed by atoms with E-state index in [4.69, 9.17) is 0 Å². The van der Waals surface area contributed by atoms with Gasteiger partial charge in [0.1, 0.15) is 11.1 Å². The summed E-state index contributed by atoms with van der Waals surface area (Å²) in [5.74, 6) is 1.22. The summed E-state index contributed by atoms with van der Waals surface area (Å²) >= 11 is 0. The highest BCUT2D eigenvalue weighted by atomic mass is 15.2. The Bertz CT molecular complexity index is 1170. The summed E-state index contributed by atoms with van der Waals surface area (Å²) in [6, 6.07) is 30.3. The van der Waals surface area contributed by atoms with Gasteiger partial charge in [-0.15, -0.1) is 0 Å². The SMILES string of the molecule is Cc1ccccc1-n1c(C)c2[n+](c1C)C=CC2(c1ccccc1)c1ccccc1. The summed E-state index contributed by atoms with van der Waals surface area (Å²) < 4.78 is 4.76. The van der Waals surface area contributed by atoms with E-state index in [9.17, 15) is 0 Å². The number of hydrogen-bond donors (Lipinski definition) is 0. The standard InChI is InChI=1S/C27H25N2/c1-20-12-10-11-17-25(20)29-21(2)26-27(18-19-28(26)22(29)3,23-13-6-4-7-14-23)24-15-8-5-9-16-24/h4-19H,1-3H3/q+1. The van der Waals surface area contributed by atoms with E-state index in [1.54, 1.807) is 0 Å². The highest BCUT2D eigenvalue weighted by Crippen LogP contribution is 2.44. The van der Waals surface area contributed by atoms with Crippen LogP contribution in [0.5, 0.6) is 0 Å². The Balaban J connectivity index is 1.85. The first-order chi connectivity index (χ1) is 14.1. The van der Waals surface area contributed by atoms with E-state index in [0.717, 1.165) is 0 Å². The average molecular weight is 378 g/mol. The third kappa shape index (κ3) is 2.45. The fraction of sp³-hybridized carbons (Fsp3) is 0.148. The molecule has 4 aromatic rings. The minimum atomic E-state index is -0.300. The quantitative estimate of drug-likeness (QED) is 0.416. The van der Waals surface area contributed by atoms with Crippen LogP contribution in [0.4, 0.5) is 0 Å². The largest absolute Gasteiger partial charge is 0.263 e. The number of fused-ring (bicyclic) bond motifs is 1. The molecule has 0 atom stereocenters. The zero-order chi connectivity index (χ0) is 20.0. The zero-order valence-electron chi connectivity index (χ0n) is 17.1. The lowest BCUT2D eigenvalue weighted by atomic mass is 9.72. The molecule has 0 saturated carbocycles. The van der Waals surface area contributed by atoms with Crippen LogP contribution in [0.15, 0.2) is 91.0 Å². The third-order valence-electron chi connectivity index (χ3n) is 6.25. The van der Waals surface area contributed by atoms with Crippen LogP contribution >= 0.6 is 0 Å². The topological polar surface area (TPSA) is 8.81 Å². The van der Waals surface area contributed by atoms with Crippen LogP contribution < -0.4 is 4.57 Å². The van der Waals surface area contributed by atoms with Gasteiger partial charge in [0, 0.05) is 13.8 Å². The predicted molar refractivity (Wildman–Crippen MR) is 118 cm³/mol. The van der Waals surface area contributed by atoms with Crippen molar-refractivity contribution in [2.75, 3.05) is 0 Å². The zero-order valence-corrected chi connectivity index (χ0v) is 17.1. The number of aryl methyl sites for hydroxylation is 1. The van der Waals surface area contributed by atoms with E-state index in [2.05, 4.69) is 127 Å². The van der Waals surface area contributed by atoms with Crippen molar-refractivity contribution in [3.63, 3.8) is 0 Å². The Morgan fingerprint density at radius 1 is 0.690 bits per heavy atom. The first-order valence-corrected chi connectivity index (χ1v) is 10.1. The minimum absolute atomic E-state index is 0.300. The molecule has 5 rings (SSSR count). The maximum absolute atomic E-state index is 2.40. The van der Waals surface area contributed by atoms with Crippen molar-refractivity contribution in [3.05, 3.63) is 125 Å². The Labute approximate surface area is 172 Å². The van der Waals surface area contributed by atoms with Crippen molar-refractivity contribution < 1.29 is 4.57 Å². The molecule has 0 aliphatic carbocycles. The number of para-hydroxylation sites is 1. The second-order valence-corrected chi connectivity index (χ2v) is 7.83. The van der Waals surface area contributed by atoms with Gasteiger partial charge in [0.25, 0.3) is 5.82 Å². The second-order valence-electron chi connectivity index (χ2n) is 7.83. The number of benzene rings is 3. The van der Waals surface area contributed by atoms with E-state index in [1.165, 1.54) is 39.6 Å². The van der Waals surface area contributed by atoms with Crippen LogP contribution in [0.2, 0.25) is 0 Å². The minimum Gasteiger partial charge on any atom is -0.202 e. The molecule has 0 fully saturated rings. The van der Waals surface area contributed by atoms with Gasteiger partial charge in [0.05, 0.1) is 6.20 Å². The smallest absolute Gasteiger partial charge is 0.202 e. The summed E-state index contributed by atoms with van der Waals surface area (Å²) in [4.78, 5) is 0. The van der Waals surface area contributed by atoms with Crippen molar-refractivity contribution >= 4 is 6.20 Å². The highest BCUT2D eigenvalue weighted by molar-refractivity contribution is 5.58. The second kappa shape index (κ2) is 6.59. The van der Waals surface area contributed by atoms with E-state index in [-0.39, 0.29) is 5.41 Å². The molecular formula is C27H25N2+. The number of aromatic nitrogens is 2. The lowest BCUT2D eigenvalue weighted by Crippen LogP contribution is -2.37. The molecule has 0 radical (unpaired) electrons. The highest BCUT2D eigenvalue weighted by Gasteiger charge is 2.47. The molecule has 0 saturated heterocycles. The van der Waals surface area contributed by atoms with Crippen LogP contribution in [-0.2, 0) is 5.41 Å². The lowest BCUT2D eigenvalue weighted by molar-refractivity contribution is -0.580. The van der Waals surface area contributed by atoms with E-state index in [0.29, 0.717) is 0 Å². The molecule has 0 N–H and O–H groups in total. The average Bonchev–Trinajstić information content (AvgIpc) is 3.28. The molecular weight excluding hydrogens is 352 g/mol. The van der Waals surface area contributed by atoms with E-state index in [1.807, 2.05) is 0 Å². The third-order valence-corrected chi connectivity index (χ3v) is 6.25. The van der Waals surface area contributed by atoms with Gasteiger partial charge in [-0.1, -0.05) is 78.9 Å². The molecule has 142 valence electrons. The van der Waals surface area contributed by atoms with Crippen LogP contribution in [0.3, 0.4) is 0 Å². The number of rotatable bonds is 3. The van der Waals surface area contributed by atoms with Crippen LogP contribution in [0.1, 0.15) is 33.9 Å². The van der Waals surface area contributed by atoms with Crippen LogP contribution in [0, 0.1) is 20.8 Å². The van der Waals surface area contributed by atoms with Gasteiger partial charge in [-0.25, -0.2) is 4.57 Å². The number of nitrogens with zero attached hydrogens (tertiary/aromatic N) is 2. The molecule has 1 aromatic heterocycles. The molecule has 0 amide bonds. The summed E-state index contributed by atoms with van der Waals surface area (Å²) in [5, 5.41) is 0. The van der Waals surface area contributed by atoms with Crippen molar-refractivity contribution in [2.45, 2.75) is 26.2 Å². The summed E-state index contributed by atoms with van der Waals surface area (Å²) in [6.07, 6.45) is 4.60. The van der Waals surface area contributed by atoms with Crippen molar-refractivity contribution in [1.29, 1.82) is 0 Å². The molecule has 0 spiro atoms. The molecule has 1 aliphatic heterocycles. The van der Waals surface area contributed by atoms with Crippen molar-refractivity contribution in [1.82, 2.24) is 4.57 Å². The summed E-state index contributed by atoms with van der Waals surface area (Å²) in [5.41, 5.74) is 7.39. The molecule has 2 heterocycles. The fourth-order valence-corrected chi connectivity index (χ4v) is 4.92.